The van der Waals surface area contributed by atoms with Gasteiger partial charge in [0.15, 0.2) is 0 Å². The quantitative estimate of drug-likeness (QED) is 0.148. The van der Waals surface area contributed by atoms with Gasteiger partial charge in [0.05, 0.1) is 16.6 Å². The van der Waals surface area contributed by atoms with Crippen molar-refractivity contribution in [2.24, 2.45) is 11.8 Å². The molecule has 1 fully saturated rings. The summed E-state index contributed by atoms with van der Waals surface area (Å²) in [5.74, 6) is 1.74. The lowest BCUT2D eigenvalue weighted by Gasteiger charge is -2.30. The van der Waals surface area contributed by atoms with Crippen molar-refractivity contribution < 1.29 is 0 Å². The number of hydrogen-bond donors (Lipinski definition) is 0. The predicted octanol–water partition coefficient (Wildman–Crippen LogP) is 16.5. The molecule has 1 heterocycles. The van der Waals surface area contributed by atoms with E-state index in [1.807, 2.05) is 0 Å². The lowest BCUT2D eigenvalue weighted by atomic mass is 9.75. The first kappa shape index (κ1) is 41.5. The number of fused-ring (bicyclic) bond motifs is 7. The zero-order valence-electron chi connectivity index (χ0n) is 39.3. The molecule has 0 aliphatic heterocycles. The second-order valence-electron chi connectivity index (χ2n) is 19.9. The maximum absolute atomic E-state index is 2.53. The summed E-state index contributed by atoms with van der Waals surface area (Å²) >= 11 is 0. The highest BCUT2D eigenvalue weighted by Crippen LogP contribution is 2.47. The monoisotopic (exact) mass is 888 g/mol. The van der Waals surface area contributed by atoms with Crippen molar-refractivity contribution in [3.8, 4) is 27.9 Å². The van der Waals surface area contributed by atoms with Crippen LogP contribution in [0.4, 0.5) is 17.1 Å². The fourth-order valence-corrected chi connectivity index (χ4v) is 12.5. The molecule has 0 bridgehead atoms. The van der Waals surface area contributed by atoms with Crippen molar-refractivity contribution in [3.63, 3.8) is 0 Å². The predicted molar refractivity (Wildman–Crippen MR) is 292 cm³/mol. The number of rotatable bonds is 8. The summed E-state index contributed by atoms with van der Waals surface area (Å²) in [4.78, 5) is 2.53. The van der Waals surface area contributed by atoms with Gasteiger partial charge in [-0.25, -0.2) is 0 Å². The topological polar surface area (TPSA) is 8.17 Å². The lowest BCUT2D eigenvalue weighted by molar-refractivity contribution is 0.445. The van der Waals surface area contributed by atoms with Crippen molar-refractivity contribution in [1.29, 1.82) is 0 Å². The molecule has 8 aromatic carbocycles. The minimum Gasteiger partial charge on any atom is -0.310 e. The molecule has 0 spiro atoms. The molecular formula is C67H56N2. The molecule has 13 rings (SSSR count). The van der Waals surface area contributed by atoms with Crippen LogP contribution in [0, 0.1) is 11.8 Å². The van der Waals surface area contributed by atoms with Gasteiger partial charge in [-0.1, -0.05) is 202 Å². The molecule has 0 saturated heterocycles. The Balaban J connectivity index is 1.01. The van der Waals surface area contributed by atoms with Gasteiger partial charge in [-0.15, -0.1) is 0 Å². The van der Waals surface area contributed by atoms with E-state index in [4.69, 9.17) is 0 Å². The van der Waals surface area contributed by atoms with Gasteiger partial charge < -0.3 is 9.47 Å². The summed E-state index contributed by atoms with van der Waals surface area (Å²) in [7, 11) is 0. The van der Waals surface area contributed by atoms with E-state index in [-0.39, 0.29) is 0 Å². The first-order chi connectivity index (χ1) is 34.2. The number of hydrogen-bond acceptors (Lipinski definition) is 1. The summed E-state index contributed by atoms with van der Waals surface area (Å²) in [6.07, 6.45) is 23.7. The minimum absolute atomic E-state index is 0.370. The fourth-order valence-electron chi connectivity index (χ4n) is 12.5. The standard InChI is InChI=1S/C67H56N2/c1-45-42-62(67-63(43-45)60-29-11-13-35-65(60)69(67)51-24-6-3-7-25-51)50-23-14-26-53(44-50)68(52-39-36-48(37-40-52)55-30-17-32-57-54-27-9-8-20-47(54)38-41-58(55)57)64-34-12-10-28-59(64)61-33-16-22-49-21-15-31-56(66(49)61)46-18-4-2-5-19-46/h3,6-17,20-41,43-47,54H,2,4-5,18-19,42H2,1H3. The Morgan fingerprint density at radius 1 is 0.551 bits per heavy atom. The second-order valence-corrected chi connectivity index (χ2v) is 19.9. The van der Waals surface area contributed by atoms with E-state index < -0.39 is 0 Å². The Hall–Kier alpha value is -7.68. The Morgan fingerprint density at radius 3 is 2.16 bits per heavy atom. The molecule has 2 nitrogen and oxygen atoms in total. The van der Waals surface area contributed by atoms with Gasteiger partial charge in [-0.05, 0) is 135 Å². The number of nitrogens with zero attached hydrogens (tertiary/aromatic N) is 2. The summed E-state index contributed by atoms with van der Waals surface area (Å²) in [5.41, 5.74) is 17.8. The second kappa shape index (κ2) is 17.4. The first-order valence-corrected chi connectivity index (χ1v) is 25.3. The average molecular weight is 889 g/mol. The number of anilines is 3. The number of allylic oxidation sites excluding steroid dienone is 5. The summed E-state index contributed by atoms with van der Waals surface area (Å²) in [6.45, 7) is 2.37. The van der Waals surface area contributed by atoms with Crippen LogP contribution in [0.15, 0.2) is 212 Å². The maximum Gasteiger partial charge on any atom is 0.0576 e. The molecule has 0 amide bonds. The molecule has 0 N–H and O–H groups in total. The number of benzene rings is 8. The number of para-hydroxylation sites is 3. The summed E-state index contributed by atoms with van der Waals surface area (Å²) < 4.78 is 2.50. The smallest absolute Gasteiger partial charge is 0.0576 e. The van der Waals surface area contributed by atoms with E-state index in [0.29, 0.717) is 23.7 Å². The number of aromatic nitrogens is 1. The maximum atomic E-state index is 2.53. The van der Waals surface area contributed by atoms with Gasteiger partial charge >= 0.3 is 0 Å². The van der Waals surface area contributed by atoms with Crippen molar-refractivity contribution in [2.75, 3.05) is 4.90 Å². The molecule has 69 heavy (non-hydrogen) atoms. The lowest BCUT2D eigenvalue weighted by Crippen LogP contribution is -2.35. The SMILES string of the molecule is CC1C=c2c(n(-c3ccccc3)c3ccccc23)=C(c2cccc(N(c3ccc(-c4cccc5c4C=CC4C=CC=CC54)cc3)c3ccccc3-c3cccc4cccc(C5CCCCC5)c34)c2)C1. The van der Waals surface area contributed by atoms with Gasteiger partial charge in [0.1, 0.15) is 0 Å². The minimum atomic E-state index is 0.370. The Bertz CT molecular complexity index is 3650. The van der Waals surface area contributed by atoms with Gasteiger partial charge in [0.2, 0.25) is 0 Å². The van der Waals surface area contributed by atoms with E-state index >= 15 is 0 Å². The molecule has 1 aromatic heterocycles. The highest BCUT2D eigenvalue weighted by Gasteiger charge is 2.27. The van der Waals surface area contributed by atoms with Crippen LogP contribution in [0.5, 0.6) is 0 Å². The van der Waals surface area contributed by atoms with Gasteiger partial charge in [-0.3, -0.25) is 0 Å². The molecule has 4 aliphatic rings. The molecule has 3 unspecified atom stereocenters. The van der Waals surface area contributed by atoms with Crippen molar-refractivity contribution >= 4 is 56.5 Å². The van der Waals surface area contributed by atoms with Gasteiger partial charge in [-0.2, -0.15) is 0 Å². The Morgan fingerprint density at radius 2 is 1.28 bits per heavy atom. The molecule has 0 radical (unpaired) electrons. The normalized spacial score (nSPS) is 18.4. The molecule has 1 saturated carbocycles. The third-order valence-electron chi connectivity index (χ3n) is 15.7. The van der Waals surface area contributed by atoms with Crippen molar-refractivity contribution in [2.45, 2.75) is 57.3 Å². The summed E-state index contributed by atoms with van der Waals surface area (Å²) in [5, 5.41) is 6.66. The zero-order chi connectivity index (χ0) is 45.8. The third-order valence-corrected chi connectivity index (χ3v) is 15.7. The van der Waals surface area contributed by atoms with Crippen molar-refractivity contribution in [3.05, 3.63) is 245 Å². The highest BCUT2D eigenvalue weighted by atomic mass is 15.1. The Kier molecular flexibility index (Phi) is 10.5. The fraction of sp³-hybridized carbons (Fsp3) is 0.164. The van der Waals surface area contributed by atoms with Crippen molar-refractivity contribution in [1.82, 2.24) is 4.57 Å². The molecule has 2 heteroatoms. The van der Waals surface area contributed by atoms with Crippen LogP contribution in [0.3, 0.4) is 0 Å². The Labute approximate surface area is 406 Å². The van der Waals surface area contributed by atoms with E-state index in [0.717, 1.165) is 17.8 Å². The zero-order valence-corrected chi connectivity index (χ0v) is 39.3. The van der Waals surface area contributed by atoms with Crippen LogP contribution >= 0.6 is 0 Å². The molecule has 9 aromatic rings. The van der Waals surface area contributed by atoms with E-state index in [9.17, 15) is 0 Å². The molecule has 4 aliphatic carbocycles. The van der Waals surface area contributed by atoms with Gasteiger partial charge in [0.25, 0.3) is 0 Å². The van der Waals surface area contributed by atoms with E-state index in [2.05, 4.69) is 241 Å². The third kappa shape index (κ3) is 7.24. The van der Waals surface area contributed by atoms with Crippen LogP contribution in [0.2, 0.25) is 0 Å². The molecular weight excluding hydrogens is 833 g/mol. The van der Waals surface area contributed by atoms with Crippen LogP contribution < -0.4 is 15.5 Å². The largest absolute Gasteiger partial charge is 0.310 e. The van der Waals surface area contributed by atoms with Gasteiger partial charge in [0, 0.05) is 45.1 Å². The highest BCUT2D eigenvalue weighted by molar-refractivity contribution is 6.03. The molecule has 3 atom stereocenters. The molecule has 334 valence electrons. The van der Waals surface area contributed by atoms with E-state index in [1.54, 1.807) is 0 Å². The van der Waals surface area contributed by atoms with Crippen LogP contribution in [-0.4, -0.2) is 4.57 Å². The van der Waals surface area contributed by atoms with Crippen LogP contribution in [-0.2, 0) is 0 Å². The van der Waals surface area contributed by atoms with Crippen LogP contribution in [0.25, 0.3) is 67.3 Å². The van der Waals surface area contributed by atoms with Crippen LogP contribution in [0.1, 0.15) is 79.5 Å². The first-order valence-electron chi connectivity index (χ1n) is 25.3. The summed E-state index contributed by atoms with van der Waals surface area (Å²) in [6, 6.07) is 68.6. The average Bonchev–Trinajstić information content (AvgIpc) is 3.75. The van der Waals surface area contributed by atoms with E-state index in [1.165, 1.54) is 126 Å².